The molecule has 1 aliphatic heterocycles. The lowest BCUT2D eigenvalue weighted by Gasteiger charge is -2.34. The summed E-state index contributed by atoms with van der Waals surface area (Å²) in [5, 5.41) is 8.66. The maximum absolute atomic E-state index is 13.4. The molecule has 4 rings (SSSR count). The van der Waals surface area contributed by atoms with E-state index in [1.165, 1.54) is 4.31 Å². The molecule has 0 unspecified atom stereocenters. The molecule has 0 saturated carbocycles. The molecule has 0 N–H and O–H groups in total. The fourth-order valence-electron chi connectivity index (χ4n) is 3.69. The minimum atomic E-state index is -3.71. The summed E-state index contributed by atoms with van der Waals surface area (Å²) in [6, 6.07) is 12.4. The number of rotatable bonds is 8. The molecule has 0 spiro atoms. The van der Waals surface area contributed by atoms with Gasteiger partial charge in [-0.3, -0.25) is 4.98 Å². The third-order valence-electron chi connectivity index (χ3n) is 5.33. The second kappa shape index (κ2) is 10.1. The molecule has 1 aromatic carbocycles. The van der Waals surface area contributed by atoms with Gasteiger partial charge in [-0.15, -0.1) is 10.2 Å². The molecule has 33 heavy (non-hydrogen) atoms. The van der Waals surface area contributed by atoms with Crippen molar-refractivity contribution in [3.8, 4) is 22.8 Å². The van der Waals surface area contributed by atoms with E-state index < -0.39 is 10.0 Å². The normalized spacial score (nSPS) is 14.8. The molecular formula is C23H27N5O4S. The highest BCUT2D eigenvalue weighted by Crippen LogP contribution is 2.32. The summed E-state index contributed by atoms with van der Waals surface area (Å²) in [5.41, 5.74) is 1.71. The fourth-order valence-corrected chi connectivity index (χ4v) is 5.23. The topological polar surface area (TPSA) is 97.8 Å². The quantitative estimate of drug-likeness (QED) is 0.497. The Balaban J connectivity index is 1.46. The first kappa shape index (κ1) is 22.9. The average molecular weight is 470 g/mol. The lowest BCUT2D eigenvalue weighted by Crippen LogP contribution is -2.49. The monoisotopic (exact) mass is 469 g/mol. The highest BCUT2D eigenvalue weighted by atomic mass is 32.2. The molecule has 0 radical (unpaired) electrons. The third-order valence-corrected chi connectivity index (χ3v) is 7.27. The predicted molar refractivity (Wildman–Crippen MR) is 125 cm³/mol. The van der Waals surface area contributed by atoms with Crippen LogP contribution >= 0.6 is 0 Å². The van der Waals surface area contributed by atoms with Crippen LogP contribution in [0, 0.1) is 0 Å². The van der Waals surface area contributed by atoms with Crippen molar-refractivity contribution in [3.05, 3.63) is 54.9 Å². The van der Waals surface area contributed by atoms with Crippen LogP contribution < -0.4 is 14.4 Å². The molecule has 0 bridgehead atoms. The first-order valence-corrected chi connectivity index (χ1v) is 12.4. The van der Waals surface area contributed by atoms with Gasteiger partial charge in [0.1, 0.15) is 16.4 Å². The molecule has 3 heterocycles. The van der Waals surface area contributed by atoms with E-state index in [9.17, 15) is 8.42 Å². The molecule has 0 amide bonds. The SMILES string of the molecule is CCOc1ccc(S(=O)(=O)N2CCN(c3ccc(-c4ccncc4)nn3)CC2)c(OCC)c1. The molecule has 2 aromatic heterocycles. The first-order valence-electron chi connectivity index (χ1n) is 10.9. The highest BCUT2D eigenvalue weighted by molar-refractivity contribution is 7.89. The van der Waals surface area contributed by atoms with Gasteiger partial charge in [-0.25, -0.2) is 8.42 Å². The van der Waals surface area contributed by atoms with Crippen LogP contribution in [0.2, 0.25) is 0 Å². The predicted octanol–water partition coefficient (Wildman–Crippen LogP) is 2.85. The third kappa shape index (κ3) is 5.07. The van der Waals surface area contributed by atoms with Crippen LogP contribution in [-0.2, 0) is 10.0 Å². The summed E-state index contributed by atoms with van der Waals surface area (Å²) in [6.45, 7) is 6.27. The maximum atomic E-state index is 13.4. The number of sulfonamides is 1. The Bertz CT molecular complexity index is 1170. The molecule has 0 atom stereocenters. The number of anilines is 1. The summed E-state index contributed by atoms with van der Waals surface area (Å²) < 4.78 is 39.3. The van der Waals surface area contributed by atoms with E-state index in [0.717, 1.165) is 17.1 Å². The molecule has 10 heteroatoms. The van der Waals surface area contributed by atoms with Crippen molar-refractivity contribution < 1.29 is 17.9 Å². The van der Waals surface area contributed by atoms with Crippen molar-refractivity contribution in [2.75, 3.05) is 44.3 Å². The molecule has 1 aliphatic rings. The van der Waals surface area contributed by atoms with Crippen LogP contribution in [0.1, 0.15) is 13.8 Å². The second-order valence-corrected chi connectivity index (χ2v) is 9.28. The zero-order chi connectivity index (χ0) is 23.3. The average Bonchev–Trinajstić information content (AvgIpc) is 2.85. The largest absolute Gasteiger partial charge is 0.494 e. The van der Waals surface area contributed by atoms with Crippen LogP contribution in [0.4, 0.5) is 5.82 Å². The minimum absolute atomic E-state index is 0.155. The van der Waals surface area contributed by atoms with E-state index in [4.69, 9.17) is 9.47 Å². The Morgan fingerprint density at radius 2 is 1.61 bits per heavy atom. The van der Waals surface area contributed by atoms with Crippen molar-refractivity contribution in [1.82, 2.24) is 19.5 Å². The number of ether oxygens (including phenoxy) is 2. The van der Waals surface area contributed by atoms with E-state index in [2.05, 4.69) is 15.2 Å². The van der Waals surface area contributed by atoms with E-state index in [1.54, 1.807) is 30.6 Å². The number of hydrogen-bond donors (Lipinski definition) is 0. The molecule has 1 fully saturated rings. The first-order chi connectivity index (χ1) is 16.0. The van der Waals surface area contributed by atoms with Gasteiger partial charge in [0.2, 0.25) is 10.0 Å². The van der Waals surface area contributed by atoms with Crippen LogP contribution in [0.25, 0.3) is 11.3 Å². The van der Waals surface area contributed by atoms with Gasteiger partial charge in [-0.05, 0) is 50.2 Å². The van der Waals surface area contributed by atoms with Crippen molar-refractivity contribution >= 4 is 15.8 Å². The zero-order valence-electron chi connectivity index (χ0n) is 18.7. The van der Waals surface area contributed by atoms with Gasteiger partial charge in [-0.2, -0.15) is 4.31 Å². The van der Waals surface area contributed by atoms with Crippen molar-refractivity contribution in [2.45, 2.75) is 18.7 Å². The van der Waals surface area contributed by atoms with Gasteiger partial charge in [0.15, 0.2) is 5.82 Å². The van der Waals surface area contributed by atoms with Crippen LogP contribution in [0.5, 0.6) is 11.5 Å². The van der Waals surface area contributed by atoms with E-state index in [1.807, 2.05) is 43.0 Å². The van der Waals surface area contributed by atoms with Gasteiger partial charge < -0.3 is 14.4 Å². The smallest absolute Gasteiger partial charge is 0.246 e. The van der Waals surface area contributed by atoms with Crippen LogP contribution in [0.3, 0.4) is 0 Å². The summed E-state index contributed by atoms with van der Waals surface area (Å²) in [5.74, 6) is 1.61. The standard InChI is InChI=1S/C23H27N5O4S/c1-3-31-19-5-7-22(21(17-19)32-4-2)33(29,30)28-15-13-27(14-16-28)23-8-6-20(25-26-23)18-9-11-24-12-10-18/h5-12,17H,3-4,13-16H2,1-2H3. The Kier molecular flexibility index (Phi) is 7.05. The Morgan fingerprint density at radius 1 is 0.879 bits per heavy atom. The van der Waals surface area contributed by atoms with Crippen LogP contribution in [-0.4, -0.2) is 67.3 Å². The number of piperazine rings is 1. The van der Waals surface area contributed by atoms with Crippen molar-refractivity contribution in [1.29, 1.82) is 0 Å². The molecule has 3 aromatic rings. The Labute approximate surface area is 194 Å². The summed E-state index contributed by atoms with van der Waals surface area (Å²) in [7, 11) is -3.71. The molecule has 1 saturated heterocycles. The van der Waals surface area contributed by atoms with Gasteiger partial charge >= 0.3 is 0 Å². The zero-order valence-corrected chi connectivity index (χ0v) is 19.5. The van der Waals surface area contributed by atoms with E-state index in [-0.39, 0.29) is 4.90 Å². The molecule has 9 nitrogen and oxygen atoms in total. The molecule has 0 aliphatic carbocycles. The second-order valence-electron chi connectivity index (χ2n) is 7.38. The number of pyridine rings is 1. The Morgan fingerprint density at radius 3 is 2.24 bits per heavy atom. The minimum Gasteiger partial charge on any atom is -0.494 e. The van der Waals surface area contributed by atoms with E-state index >= 15 is 0 Å². The van der Waals surface area contributed by atoms with Gasteiger partial charge in [0.05, 0.1) is 18.9 Å². The summed E-state index contributed by atoms with van der Waals surface area (Å²) in [4.78, 5) is 6.21. The summed E-state index contributed by atoms with van der Waals surface area (Å²) in [6.07, 6.45) is 3.43. The molecule has 174 valence electrons. The number of nitrogens with zero attached hydrogens (tertiary/aromatic N) is 5. The van der Waals surface area contributed by atoms with Gasteiger partial charge in [-0.1, -0.05) is 0 Å². The number of aromatic nitrogens is 3. The number of benzene rings is 1. The molecular weight excluding hydrogens is 442 g/mol. The van der Waals surface area contributed by atoms with Crippen molar-refractivity contribution in [2.24, 2.45) is 0 Å². The van der Waals surface area contributed by atoms with Gasteiger partial charge in [0, 0.05) is 50.2 Å². The lowest BCUT2D eigenvalue weighted by molar-refractivity contribution is 0.314. The van der Waals surface area contributed by atoms with E-state index in [0.29, 0.717) is 50.9 Å². The maximum Gasteiger partial charge on any atom is 0.246 e. The summed E-state index contributed by atoms with van der Waals surface area (Å²) >= 11 is 0. The number of hydrogen-bond acceptors (Lipinski definition) is 8. The van der Waals surface area contributed by atoms with Crippen molar-refractivity contribution in [3.63, 3.8) is 0 Å². The Hall–Kier alpha value is -3.24. The van der Waals surface area contributed by atoms with Gasteiger partial charge in [0.25, 0.3) is 0 Å². The lowest BCUT2D eigenvalue weighted by atomic mass is 10.2. The highest BCUT2D eigenvalue weighted by Gasteiger charge is 2.31. The fraction of sp³-hybridized carbons (Fsp3) is 0.348. The van der Waals surface area contributed by atoms with Crippen LogP contribution in [0.15, 0.2) is 59.8 Å².